The zero-order valence-electron chi connectivity index (χ0n) is 7.62. The van der Waals surface area contributed by atoms with Gasteiger partial charge in [-0.15, -0.1) is 0 Å². The summed E-state index contributed by atoms with van der Waals surface area (Å²) in [6.45, 7) is 3.98. The number of carbonyl (C=O) groups excluding carboxylic acids is 1. The highest BCUT2D eigenvalue weighted by molar-refractivity contribution is 5.87. The first-order valence-electron chi connectivity index (χ1n) is 4.17. The first-order valence-corrected chi connectivity index (χ1v) is 4.17. The fraction of sp³-hybridized carbons (Fsp3) is 0.667. The normalized spacial score (nSPS) is 26.3. The zero-order valence-corrected chi connectivity index (χ0v) is 7.62. The van der Waals surface area contributed by atoms with E-state index in [0.29, 0.717) is 6.61 Å². The molecule has 0 N–H and O–H groups in total. The van der Waals surface area contributed by atoms with Crippen LogP contribution in [-0.2, 0) is 9.53 Å². The Kier molecular flexibility index (Phi) is 3.44. The van der Waals surface area contributed by atoms with E-state index in [2.05, 4.69) is 4.90 Å². The van der Waals surface area contributed by atoms with Gasteiger partial charge in [-0.25, -0.2) is 0 Å². The van der Waals surface area contributed by atoms with E-state index in [1.165, 1.54) is 0 Å². The average Bonchev–Trinajstić information content (AvgIpc) is 2.03. The Labute approximate surface area is 73.0 Å². The van der Waals surface area contributed by atoms with E-state index in [-0.39, 0.29) is 11.8 Å². The lowest BCUT2D eigenvalue weighted by atomic mass is 10.2. The average molecular weight is 169 g/mol. The lowest BCUT2D eigenvalue weighted by Gasteiger charge is -2.29. The van der Waals surface area contributed by atoms with E-state index >= 15 is 0 Å². The molecule has 1 aliphatic heterocycles. The summed E-state index contributed by atoms with van der Waals surface area (Å²) < 4.78 is 5.28. The molecule has 3 nitrogen and oxygen atoms in total. The molecule has 12 heavy (non-hydrogen) atoms. The number of likely N-dealkylation sites (N-methyl/N-ethyl adjacent to an activating group) is 1. The number of nitrogens with zero attached hydrogens (tertiary/aromatic N) is 1. The van der Waals surface area contributed by atoms with Crippen LogP contribution in [0.5, 0.6) is 0 Å². The third kappa shape index (κ3) is 2.75. The van der Waals surface area contributed by atoms with Crippen LogP contribution < -0.4 is 0 Å². The monoisotopic (exact) mass is 169 g/mol. The first-order chi connectivity index (χ1) is 5.70. The molecule has 1 saturated heterocycles. The van der Waals surface area contributed by atoms with Gasteiger partial charge < -0.3 is 4.74 Å². The Balaban J connectivity index is 2.43. The highest BCUT2D eigenvalue weighted by Crippen LogP contribution is 2.04. The van der Waals surface area contributed by atoms with Crippen LogP contribution in [0.2, 0.25) is 0 Å². The Hall–Kier alpha value is -0.670. The van der Waals surface area contributed by atoms with Gasteiger partial charge >= 0.3 is 0 Å². The molecule has 3 heteroatoms. The maximum absolute atomic E-state index is 10.6. The second kappa shape index (κ2) is 4.38. The Morgan fingerprint density at radius 1 is 1.67 bits per heavy atom. The van der Waals surface area contributed by atoms with Crippen LogP contribution in [0.3, 0.4) is 0 Å². The van der Waals surface area contributed by atoms with Crippen LogP contribution in [0.25, 0.3) is 0 Å². The fourth-order valence-electron chi connectivity index (χ4n) is 1.15. The van der Waals surface area contributed by atoms with E-state index < -0.39 is 0 Å². The third-order valence-corrected chi connectivity index (χ3v) is 2.00. The van der Waals surface area contributed by atoms with Crippen LogP contribution in [0.4, 0.5) is 0 Å². The van der Waals surface area contributed by atoms with Gasteiger partial charge in [-0.1, -0.05) is 6.08 Å². The number of ether oxygens (including phenoxy) is 1. The molecule has 0 aromatic carbocycles. The van der Waals surface area contributed by atoms with Crippen LogP contribution in [0.1, 0.15) is 6.92 Å². The lowest BCUT2D eigenvalue weighted by molar-refractivity contribution is -0.112. The minimum atomic E-state index is 0.0916. The van der Waals surface area contributed by atoms with Gasteiger partial charge in [0.2, 0.25) is 0 Å². The standard InChI is InChI=1S/C9H15NO2/c1-8(11)3-4-9-7-12-6-5-10(9)2/h3-4,9H,5-7H2,1-2H3/b4-3+/t9-/m1/s1. The van der Waals surface area contributed by atoms with Crippen molar-refractivity contribution in [3.63, 3.8) is 0 Å². The number of allylic oxidation sites excluding steroid dienone is 1. The number of ketones is 1. The van der Waals surface area contributed by atoms with Gasteiger partial charge in [0.05, 0.1) is 19.3 Å². The van der Waals surface area contributed by atoms with Crippen molar-refractivity contribution >= 4 is 5.78 Å². The molecule has 1 aliphatic rings. The minimum Gasteiger partial charge on any atom is -0.378 e. The summed E-state index contributed by atoms with van der Waals surface area (Å²) in [4.78, 5) is 12.8. The van der Waals surface area contributed by atoms with Crippen molar-refractivity contribution in [2.24, 2.45) is 0 Å². The largest absolute Gasteiger partial charge is 0.378 e. The molecule has 1 atom stereocenters. The molecule has 1 heterocycles. The molecular formula is C9H15NO2. The Morgan fingerprint density at radius 2 is 2.42 bits per heavy atom. The SMILES string of the molecule is CC(=O)/C=C/[C@@H]1COCCN1C. The lowest BCUT2D eigenvalue weighted by Crippen LogP contribution is -2.41. The summed E-state index contributed by atoms with van der Waals surface area (Å²) in [5, 5.41) is 0. The summed E-state index contributed by atoms with van der Waals surface area (Å²) in [7, 11) is 2.04. The smallest absolute Gasteiger partial charge is 0.152 e. The summed E-state index contributed by atoms with van der Waals surface area (Å²) >= 11 is 0. The summed E-state index contributed by atoms with van der Waals surface area (Å²) in [5.74, 6) is 0.0916. The van der Waals surface area contributed by atoms with E-state index in [4.69, 9.17) is 4.74 Å². The van der Waals surface area contributed by atoms with Gasteiger partial charge in [0.15, 0.2) is 5.78 Å². The number of hydrogen-bond donors (Lipinski definition) is 0. The van der Waals surface area contributed by atoms with Crippen molar-refractivity contribution in [1.29, 1.82) is 0 Å². The molecule has 0 saturated carbocycles. The van der Waals surface area contributed by atoms with Gasteiger partial charge in [-0.2, -0.15) is 0 Å². The molecule has 0 aromatic heterocycles. The fourth-order valence-corrected chi connectivity index (χ4v) is 1.15. The van der Waals surface area contributed by atoms with E-state index in [9.17, 15) is 4.79 Å². The quantitative estimate of drug-likeness (QED) is 0.562. The molecule has 0 spiro atoms. The molecular weight excluding hydrogens is 154 g/mol. The van der Waals surface area contributed by atoms with Crippen LogP contribution in [-0.4, -0.2) is 43.5 Å². The van der Waals surface area contributed by atoms with Crippen LogP contribution in [0, 0.1) is 0 Å². The predicted octanol–water partition coefficient (Wildman–Crippen LogP) is 0.462. The Morgan fingerprint density at radius 3 is 3.00 bits per heavy atom. The Bertz CT molecular complexity index is 189. The van der Waals surface area contributed by atoms with Gasteiger partial charge in [-0.3, -0.25) is 9.69 Å². The summed E-state index contributed by atoms with van der Waals surface area (Å²) in [6, 6.07) is 0.266. The van der Waals surface area contributed by atoms with E-state index in [1.807, 2.05) is 13.1 Å². The zero-order chi connectivity index (χ0) is 8.97. The molecule has 1 fully saturated rings. The maximum atomic E-state index is 10.6. The van der Waals surface area contributed by atoms with Gasteiger partial charge in [0, 0.05) is 6.54 Å². The highest BCUT2D eigenvalue weighted by Gasteiger charge is 2.15. The molecule has 0 aliphatic carbocycles. The molecule has 0 aromatic rings. The number of rotatable bonds is 2. The number of carbonyl (C=O) groups is 1. The third-order valence-electron chi connectivity index (χ3n) is 2.00. The summed E-state index contributed by atoms with van der Waals surface area (Å²) in [6.07, 6.45) is 3.51. The van der Waals surface area contributed by atoms with Crippen molar-refractivity contribution in [2.45, 2.75) is 13.0 Å². The predicted molar refractivity (Wildman–Crippen MR) is 47.1 cm³/mol. The van der Waals surface area contributed by atoms with E-state index in [0.717, 1.165) is 13.2 Å². The van der Waals surface area contributed by atoms with Crippen LogP contribution >= 0.6 is 0 Å². The van der Waals surface area contributed by atoms with Crippen molar-refractivity contribution < 1.29 is 9.53 Å². The first kappa shape index (κ1) is 9.42. The van der Waals surface area contributed by atoms with E-state index in [1.54, 1.807) is 13.0 Å². The van der Waals surface area contributed by atoms with Crippen molar-refractivity contribution in [3.8, 4) is 0 Å². The molecule has 0 unspecified atom stereocenters. The van der Waals surface area contributed by atoms with Crippen molar-refractivity contribution in [2.75, 3.05) is 26.8 Å². The summed E-state index contributed by atoms with van der Waals surface area (Å²) in [5.41, 5.74) is 0. The molecule has 1 rings (SSSR count). The number of hydrogen-bond acceptors (Lipinski definition) is 3. The molecule has 0 bridgehead atoms. The van der Waals surface area contributed by atoms with Crippen molar-refractivity contribution in [3.05, 3.63) is 12.2 Å². The van der Waals surface area contributed by atoms with Gasteiger partial charge in [0.25, 0.3) is 0 Å². The highest BCUT2D eigenvalue weighted by atomic mass is 16.5. The molecule has 0 amide bonds. The minimum absolute atomic E-state index is 0.0916. The maximum Gasteiger partial charge on any atom is 0.152 e. The van der Waals surface area contributed by atoms with Crippen molar-refractivity contribution in [1.82, 2.24) is 4.90 Å². The molecule has 0 radical (unpaired) electrons. The van der Waals surface area contributed by atoms with Gasteiger partial charge in [-0.05, 0) is 20.0 Å². The van der Waals surface area contributed by atoms with Gasteiger partial charge in [0.1, 0.15) is 0 Å². The molecule has 68 valence electrons. The van der Waals surface area contributed by atoms with Crippen LogP contribution in [0.15, 0.2) is 12.2 Å². The second-order valence-electron chi connectivity index (χ2n) is 3.09. The topological polar surface area (TPSA) is 29.5 Å². The second-order valence-corrected chi connectivity index (χ2v) is 3.09. The number of morpholine rings is 1.